The van der Waals surface area contributed by atoms with Crippen molar-refractivity contribution < 1.29 is 50.3 Å². The molecule has 8 N–H and O–H groups in total. The van der Waals surface area contributed by atoms with Crippen molar-refractivity contribution in [3.8, 4) is 0 Å². The minimum absolute atomic E-state index is 0.0419. The molecule has 146 valence electrons. The van der Waals surface area contributed by atoms with Crippen molar-refractivity contribution >= 4 is 0 Å². The maximum absolute atomic E-state index is 10.4. The molecular formula is C14H25NO10. The zero-order valence-corrected chi connectivity index (χ0v) is 13.3. The van der Waals surface area contributed by atoms with Gasteiger partial charge in [-0.15, -0.1) is 0 Å². The van der Waals surface area contributed by atoms with Crippen molar-refractivity contribution in [3.63, 3.8) is 0 Å². The topological polar surface area (TPSA) is 184 Å². The second kappa shape index (κ2) is 7.29. The molecule has 3 aliphatic heterocycles. The second-order valence-electron chi connectivity index (χ2n) is 6.78. The molecule has 0 saturated carbocycles. The van der Waals surface area contributed by atoms with Crippen molar-refractivity contribution in [1.82, 2.24) is 4.90 Å². The highest BCUT2D eigenvalue weighted by Crippen LogP contribution is 2.36. The van der Waals surface area contributed by atoms with E-state index in [2.05, 4.69) is 0 Å². The van der Waals surface area contributed by atoms with E-state index in [1.165, 1.54) is 4.90 Å². The molecule has 25 heavy (non-hydrogen) atoms. The van der Waals surface area contributed by atoms with Gasteiger partial charge in [-0.2, -0.15) is 0 Å². The van der Waals surface area contributed by atoms with Gasteiger partial charge in [-0.1, -0.05) is 0 Å². The number of rotatable bonds is 4. The van der Waals surface area contributed by atoms with Gasteiger partial charge in [0.15, 0.2) is 6.29 Å². The summed E-state index contributed by atoms with van der Waals surface area (Å²) in [7, 11) is 0. The van der Waals surface area contributed by atoms with Crippen LogP contribution in [0.3, 0.4) is 0 Å². The largest absolute Gasteiger partial charge is 0.395 e. The molecule has 3 fully saturated rings. The molecule has 0 radical (unpaired) electrons. The molecule has 0 spiro atoms. The van der Waals surface area contributed by atoms with Crippen LogP contribution >= 0.6 is 0 Å². The van der Waals surface area contributed by atoms with Crippen LogP contribution in [-0.2, 0) is 9.47 Å². The Morgan fingerprint density at radius 2 is 1.48 bits per heavy atom. The monoisotopic (exact) mass is 367 g/mol. The van der Waals surface area contributed by atoms with Crippen molar-refractivity contribution in [2.45, 2.75) is 67.2 Å². The number of fused-ring (bicyclic) bond motifs is 1. The van der Waals surface area contributed by atoms with Crippen LogP contribution in [-0.4, -0.2) is 133 Å². The molecule has 0 aromatic carbocycles. The molecule has 3 rings (SSSR count). The zero-order chi connectivity index (χ0) is 18.5. The van der Waals surface area contributed by atoms with Crippen molar-refractivity contribution in [2.24, 2.45) is 0 Å². The molecule has 11 nitrogen and oxygen atoms in total. The van der Waals surface area contributed by atoms with Crippen LogP contribution in [0.4, 0.5) is 0 Å². The molecule has 3 heterocycles. The molecule has 11 atom stereocenters. The number of ether oxygens (including phenoxy) is 2. The van der Waals surface area contributed by atoms with E-state index in [0.717, 1.165) is 0 Å². The molecule has 3 saturated heterocycles. The average Bonchev–Trinajstić information content (AvgIpc) is 3.03. The summed E-state index contributed by atoms with van der Waals surface area (Å²) >= 11 is 0. The standard InChI is InChI=1S/C14H25NO10/c16-2-4-8(18)11(21)7-9(19)5(1-15(4)7)24-14-13(23)12(22)10(20)6(3-17)25-14/h4-14,16-23H,1-3H2/t4-,5-,6?,7-,8-,9+,10-,11-,12?,13+,14-/m1/s1. The molecule has 0 aromatic heterocycles. The first-order valence-corrected chi connectivity index (χ1v) is 8.18. The number of aliphatic hydroxyl groups excluding tert-OH is 8. The zero-order valence-electron chi connectivity index (χ0n) is 13.3. The first-order chi connectivity index (χ1) is 11.8. The smallest absolute Gasteiger partial charge is 0.187 e. The van der Waals surface area contributed by atoms with Crippen LogP contribution in [0.2, 0.25) is 0 Å². The van der Waals surface area contributed by atoms with Gasteiger partial charge in [-0.25, -0.2) is 0 Å². The third-order valence-corrected chi connectivity index (χ3v) is 5.37. The van der Waals surface area contributed by atoms with Gasteiger partial charge in [0, 0.05) is 6.54 Å². The quantitative estimate of drug-likeness (QED) is 0.237. The fourth-order valence-corrected chi connectivity index (χ4v) is 3.92. The highest BCUT2D eigenvalue weighted by atomic mass is 16.7. The summed E-state index contributed by atoms with van der Waals surface area (Å²) < 4.78 is 10.8. The lowest BCUT2D eigenvalue weighted by Crippen LogP contribution is -2.60. The molecule has 11 heteroatoms. The lowest BCUT2D eigenvalue weighted by molar-refractivity contribution is -0.314. The number of aliphatic hydroxyl groups is 8. The third-order valence-electron chi connectivity index (χ3n) is 5.37. The van der Waals surface area contributed by atoms with Crippen molar-refractivity contribution in [2.75, 3.05) is 19.8 Å². The Hall–Kier alpha value is -0.440. The van der Waals surface area contributed by atoms with Gasteiger partial charge in [0.25, 0.3) is 0 Å². The molecule has 0 aromatic rings. The summed E-state index contributed by atoms with van der Waals surface area (Å²) in [6.07, 6.45) is -12.0. The van der Waals surface area contributed by atoms with Crippen LogP contribution < -0.4 is 0 Å². The Morgan fingerprint density at radius 3 is 2.08 bits per heavy atom. The molecular weight excluding hydrogens is 342 g/mol. The number of hydrogen-bond donors (Lipinski definition) is 8. The van der Waals surface area contributed by atoms with E-state index in [9.17, 15) is 40.9 Å². The van der Waals surface area contributed by atoms with E-state index in [-0.39, 0.29) is 6.54 Å². The predicted octanol–water partition coefficient (Wildman–Crippen LogP) is -5.69. The minimum atomic E-state index is -1.61. The van der Waals surface area contributed by atoms with E-state index < -0.39 is 80.4 Å². The lowest BCUT2D eigenvalue weighted by atomic mass is 9.99. The lowest BCUT2D eigenvalue weighted by Gasteiger charge is -2.40. The highest BCUT2D eigenvalue weighted by molar-refractivity contribution is 5.10. The van der Waals surface area contributed by atoms with Gasteiger partial charge >= 0.3 is 0 Å². The van der Waals surface area contributed by atoms with E-state index in [1.54, 1.807) is 0 Å². The normalized spacial score (nSPS) is 54.0. The Kier molecular flexibility index (Phi) is 5.63. The fourth-order valence-electron chi connectivity index (χ4n) is 3.92. The second-order valence-corrected chi connectivity index (χ2v) is 6.78. The van der Waals surface area contributed by atoms with Gasteiger partial charge in [-0.3, -0.25) is 4.90 Å². The first-order valence-electron chi connectivity index (χ1n) is 8.18. The maximum atomic E-state index is 10.4. The Labute approximate surface area is 143 Å². The Morgan fingerprint density at radius 1 is 0.800 bits per heavy atom. The van der Waals surface area contributed by atoms with Gasteiger partial charge < -0.3 is 50.3 Å². The summed E-state index contributed by atoms with van der Waals surface area (Å²) in [4.78, 5) is 1.52. The summed E-state index contributed by atoms with van der Waals surface area (Å²) in [5, 5.41) is 78.5. The fraction of sp³-hybridized carbons (Fsp3) is 1.00. The minimum Gasteiger partial charge on any atom is -0.395 e. The molecule has 0 bridgehead atoms. The molecule has 0 amide bonds. The van der Waals surface area contributed by atoms with E-state index in [1.807, 2.05) is 0 Å². The van der Waals surface area contributed by atoms with Crippen LogP contribution in [0.5, 0.6) is 0 Å². The van der Waals surface area contributed by atoms with Gasteiger partial charge in [0.1, 0.15) is 30.5 Å². The maximum Gasteiger partial charge on any atom is 0.187 e. The Bertz CT molecular complexity index is 467. The Balaban J connectivity index is 1.70. The molecule has 3 aliphatic rings. The van der Waals surface area contributed by atoms with Crippen molar-refractivity contribution in [1.29, 1.82) is 0 Å². The number of hydrogen-bond acceptors (Lipinski definition) is 11. The van der Waals surface area contributed by atoms with Crippen LogP contribution in [0, 0.1) is 0 Å². The highest BCUT2D eigenvalue weighted by Gasteiger charge is 2.58. The van der Waals surface area contributed by atoms with Crippen molar-refractivity contribution in [3.05, 3.63) is 0 Å². The average molecular weight is 367 g/mol. The van der Waals surface area contributed by atoms with E-state index >= 15 is 0 Å². The van der Waals surface area contributed by atoms with E-state index in [4.69, 9.17) is 9.47 Å². The van der Waals surface area contributed by atoms with Gasteiger partial charge in [-0.05, 0) is 0 Å². The SMILES string of the molecule is OCC1O[C@@H](O[C@@H]2CN3[C@H]([C@H]2O)[C@@H](O)[C@H](O)[C@H]3CO)[C@@H](O)C(O)[C@@H]1O. The van der Waals surface area contributed by atoms with Crippen LogP contribution in [0.1, 0.15) is 0 Å². The van der Waals surface area contributed by atoms with E-state index in [0.29, 0.717) is 0 Å². The van der Waals surface area contributed by atoms with Gasteiger partial charge in [0.2, 0.25) is 0 Å². The molecule has 0 aliphatic carbocycles. The summed E-state index contributed by atoms with van der Waals surface area (Å²) in [6, 6.07) is -1.62. The summed E-state index contributed by atoms with van der Waals surface area (Å²) in [5.74, 6) is 0. The van der Waals surface area contributed by atoms with Crippen LogP contribution in [0.15, 0.2) is 0 Å². The molecule has 2 unspecified atom stereocenters. The predicted molar refractivity (Wildman–Crippen MR) is 78.0 cm³/mol. The first kappa shape index (κ1) is 19.3. The number of nitrogens with zero attached hydrogens (tertiary/aromatic N) is 1. The summed E-state index contributed by atoms with van der Waals surface area (Å²) in [5.41, 5.74) is 0. The third kappa shape index (κ3) is 3.09. The van der Waals surface area contributed by atoms with Crippen LogP contribution in [0.25, 0.3) is 0 Å². The summed E-state index contributed by atoms with van der Waals surface area (Å²) in [6.45, 7) is -0.987. The van der Waals surface area contributed by atoms with Gasteiger partial charge in [0.05, 0.1) is 43.6 Å².